The van der Waals surface area contributed by atoms with Crippen molar-refractivity contribution in [3.05, 3.63) is 45.7 Å². The van der Waals surface area contributed by atoms with E-state index in [4.69, 9.17) is 9.97 Å². The maximum Gasteiger partial charge on any atom is 0.136 e. The van der Waals surface area contributed by atoms with Gasteiger partial charge in [-0.1, -0.05) is 35.8 Å². The van der Waals surface area contributed by atoms with Crippen LogP contribution in [0.3, 0.4) is 0 Å². The number of fused-ring (bicyclic) bond motifs is 1. The Labute approximate surface area is 169 Å². The van der Waals surface area contributed by atoms with E-state index >= 15 is 0 Å². The average Bonchev–Trinajstić information content (AvgIpc) is 3.50. The van der Waals surface area contributed by atoms with Gasteiger partial charge in [0.2, 0.25) is 0 Å². The summed E-state index contributed by atoms with van der Waals surface area (Å²) >= 11 is 3.59. The van der Waals surface area contributed by atoms with Crippen LogP contribution in [0.4, 0.5) is 11.6 Å². The molecule has 2 heterocycles. The number of hydrogen-bond donors (Lipinski definition) is 2. The third-order valence-corrected chi connectivity index (χ3v) is 6.00. The summed E-state index contributed by atoms with van der Waals surface area (Å²) in [6.07, 6.45) is 3.37. The van der Waals surface area contributed by atoms with Gasteiger partial charge in [-0.05, 0) is 48.4 Å². The molecule has 0 radical (unpaired) electrons. The van der Waals surface area contributed by atoms with Crippen molar-refractivity contribution in [3.63, 3.8) is 0 Å². The zero-order chi connectivity index (χ0) is 19.0. The minimum Gasteiger partial charge on any atom is -0.394 e. The lowest BCUT2D eigenvalue weighted by Crippen LogP contribution is -2.32. The van der Waals surface area contributed by atoms with Crippen molar-refractivity contribution in [2.75, 3.05) is 23.4 Å². The first kappa shape index (κ1) is 18.7. The molecule has 1 aromatic heterocycles. The van der Waals surface area contributed by atoms with E-state index in [1.54, 1.807) is 0 Å². The fourth-order valence-corrected chi connectivity index (χ4v) is 3.96. The molecule has 2 N–H and O–H groups in total. The van der Waals surface area contributed by atoms with E-state index in [-0.39, 0.29) is 12.6 Å². The number of benzene rings is 1. The smallest absolute Gasteiger partial charge is 0.136 e. The number of halogens is 1. The van der Waals surface area contributed by atoms with Gasteiger partial charge in [-0.2, -0.15) is 0 Å². The van der Waals surface area contributed by atoms with Crippen LogP contribution in [0, 0.1) is 5.92 Å². The van der Waals surface area contributed by atoms with Crippen LogP contribution in [0.15, 0.2) is 28.7 Å². The summed E-state index contributed by atoms with van der Waals surface area (Å²) in [4.78, 5) is 12.0. The molecule has 2 aliphatic rings. The monoisotopic (exact) mass is 430 g/mol. The standard InChI is InChI=1S/C21H27BrN4O/c1-13(2)18(12-27)23-19-10-20(25-21(24-19)15-3-4-15)26-8-7-14-5-6-17(22)9-16(14)11-26/h5-6,9-10,13,15,18,27H,3-4,7-8,11-12H2,1-2H3,(H,23,24,25)/t18-/m1/s1. The number of nitrogens with one attached hydrogen (secondary N) is 1. The second kappa shape index (κ2) is 7.76. The van der Waals surface area contributed by atoms with Crippen molar-refractivity contribution < 1.29 is 5.11 Å². The van der Waals surface area contributed by atoms with Crippen LogP contribution in [-0.2, 0) is 13.0 Å². The highest BCUT2D eigenvalue weighted by Gasteiger charge is 2.29. The second-order valence-corrected chi connectivity index (χ2v) is 8.92. The Bertz CT molecular complexity index is 822. The molecule has 0 amide bonds. The highest BCUT2D eigenvalue weighted by atomic mass is 79.9. The van der Waals surface area contributed by atoms with Crippen LogP contribution >= 0.6 is 15.9 Å². The Morgan fingerprint density at radius 3 is 2.74 bits per heavy atom. The molecular formula is C21H27BrN4O. The van der Waals surface area contributed by atoms with Crippen LogP contribution in [0.2, 0.25) is 0 Å². The topological polar surface area (TPSA) is 61.3 Å². The Balaban J connectivity index is 1.62. The van der Waals surface area contributed by atoms with E-state index in [1.165, 1.54) is 24.0 Å². The maximum absolute atomic E-state index is 9.68. The molecule has 2 aromatic rings. The number of aliphatic hydroxyl groups excluding tert-OH is 1. The van der Waals surface area contributed by atoms with E-state index < -0.39 is 0 Å². The van der Waals surface area contributed by atoms with Crippen LogP contribution in [-0.4, -0.2) is 34.3 Å². The first-order chi connectivity index (χ1) is 13.0. The van der Waals surface area contributed by atoms with Gasteiger partial charge in [0, 0.05) is 29.5 Å². The molecule has 27 heavy (non-hydrogen) atoms. The molecule has 1 aliphatic carbocycles. The third kappa shape index (κ3) is 4.27. The normalized spacial score (nSPS) is 17.7. The number of aliphatic hydroxyl groups is 1. The summed E-state index contributed by atoms with van der Waals surface area (Å²) < 4.78 is 1.12. The van der Waals surface area contributed by atoms with Gasteiger partial charge < -0.3 is 15.3 Å². The SMILES string of the molecule is CC(C)[C@@H](CO)Nc1cc(N2CCc3ccc(Br)cc3C2)nc(C2CC2)n1. The van der Waals surface area contributed by atoms with Gasteiger partial charge >= 0.3 is 0 Å². The fraction of sp³-hybridized carbons (Fsp3) is 0.524. The molecule has 1 saturated carbocycles. The molecule has 1 aliphatic heterocycles. The van der Waals surface area contributed by atoms with Crippen molar-refractivity contribution >= 4 is 27.6 Å². The van der Waals surface area contributed by atoms with E-state index in [1.807, 2.05) is 6.07 Å². The van der Waals surface area contributed by atoms with Crippen LogP contribution in [0.1, 0.15) is 49.6 Å². The lowest BCUT2D eigenvalue weighted by Gasteiger charge is -2.31. The second-order valence-electron chi connectivity index (χ2n) is 8.01. The van der Waals surface area contributed by atoms with Gasteiger partial charge in [-0.3, -0.25) is 0 Å². The molecule has 1 fully saturated rings. The predicted molar refractivity (Wildman–Crippen MR) is 112 cm³/mol. The summed E-state index contributed by atoms with van der Waals surface area (Å²) in [6.45, 7) is 6.14. The molecule has 5 nitrogen and oxygen atoms in total. The van der Waals surface area contributed by atoms with Gasteiger partial charge in [0.25, 0.3) is 0 Å². The molecular weight excluding hydrogens is 404 g/mol. The number of hydrogen-bond acceptors (Lipinski definition) is 5. The third-order valence-electron chi connectivity index (χ3n) is 5.51. The number of nitrogens with zero attached hydrogens (tertiary/aromatic N) is 3. The quantitative estimate of drug-likeness (QED) is 0.721. The summed E-state index contributed by atoms with van der Waals surface area (Å²) in [5, 5.41) is 13.1. The van der Waals surface area contributed by atoms with E-state index in [9.17, 15) is 5.11 Å². The number of aromatic nitrogens is 2. The first-order valence-corrected chi connectivity index (χ1v) is 10.6. The van der Waals surface area contributed by atoms with Crippen LogP contribution in [0.25, 0.3) is 0 Å². The Morgan fingerprint density at radius 2 is 2.04 bits per heavy atom. The van der Waals surface area contributed by atoms with Gasteiger partial charge in [-0.25, -0.2) is 9.97 Å². The average molecular weight is 431 g/mol. The molecule has 1 atom stereocenters. The zero-order valence-corrected chi connectivity index (χ0v) is 17.5. The van der Waals surface area contributed by atoms with Crippen molar-refractivity contribution in [1.29, 1.82) is 0 Å². The van der Waals surface area contributed by atoms with Gasteiger partial charge in [-0.15, -0.1) is 0 Å². The maximum atomic E-state index is 9.68. The molecule has 0 spiro atoms. The minimum absolute atomic E-state index is 0.00200. The molecule has 4 rings (SSSR count). The number of rotatable bonds is 6. The zero-order valence-electron chi connectivity index (χ0n) is 16.0. The predicted octanol–water partition coefficient (Wildman–Crippen LogP) is 4.11. The van der Waals surface area contributed by atoms with E-state index in [0.717, 1.165) is 41.4 Å². The summed E-state index contributed by atoms with van der Waals surface area (Å²) in [7, 11) is 0. The Morgan fingerprint density at radius 1 is 1.22 bits per heavy atom. The Kier molecular flexibility index (Phi) is 5.37. The Hall–Kier alpha value is -1.66. The fourth-order valence-electron chi connectivity index (χ4n) is 3.55. The van der Waals surface area contributed by atoms with Crippen LogP contribution < -0.4 is 10.2 Å². The summed E-state index contributed by atoms with van der Waals surface area (Å²) in [6, 6.07) is 8.59. The molecule has 0 saturated heterocycles. The van der Waals surface area contributed by atoms with Crippen molar-refractivity contribution in [1.82, 2.24) is 9.97 Å². The highest BCUT2D eigenvalue weighted by molar-refractivity contribution is 9.10. The largest absolute Gasteiger partial charge is 0.394 e. The molecule has 1 aromatic carbocycles. The minimum atomic E-state index is -0.00200. The van der Waals surface area contributed by atoms with Crippen molar-refractivity contribution in [2.45, 2.75) is 51.6 Å². The molecule has 0 unspecified atom stereocenters. The molecule has 6 heteroatoms. The first-order valence-electron chi connectivity index (χ1n) is 9.82. The highest BCUT2D eigenvalue weighted by Crippen LogP contribution is 2.39. The van der Waals surface area contributed by atoms with Crippen LogP contribution in [0.5, 0.6) is 0 Å². The molecule has 144 valence electrons. The lowest BCUT2D eigenvalue weighted by molar-refractivity contribution is 0.249. The summed E-state index contributed by atoms with van der Waals surface area (Å²) in [5.41, 5.74) is 2.77. The van der Waals surface area contributed by atoms with E-state index in [0.29, 0.717) is 11.8 Å². The van der Waals surface area contributed by atoms with Crippen molar-refractivity contribution in [3.8, 4) is 0 Å². The van der Waals surface area contributed by atoms with Crippen molar-refractivity contribution in [2.24, 2.45) is 5.92 Å². The molecule has 0 bridgehead atoms. The van der Waals surface area contributed by atoms with E-state index in [2.05, 4.69) is 58.2 Å². The summed E-state index contributed by atoms with van der Waals surface area (Å²) in [5.74, 6) is 3.57. The van der Waals surface area contributed by atoms with Gasteiger partial charge in [0.05, 0.1) is 12.6 Å². The van der Waals surface area contributed by atoms with Gasteiger partial charge in [0.1, 0.15) is 17.5 Å². The number of anilines is 2. The lowest BCUT2D eigenvalue weighted by atomic mass is 10.00. The van der Waals surface area contributed by atoms with Gasteiger partial charge in [0.15, 0.2) is 0 Å².